The van der Waals surface area contributed by atoms with Crippen LogP contribution in [0.15, 0.2) is 35.0 Å². The van der Waals surface area contributed by atoms with E-state index in [1.807, 2.05) is 0 Å². The van der Waals surface area contributed by atoms with Crippen molar-refractivity contribution in [3.63, 3.8) is 0 Å². The van der Waals surface area contributed by atoms with E-state index < -0.39 is 23.7 Å². The van der Waals surface area contributed by atoms with Gasteiger partial charge in [-0.15, -0.1) is 0 Å². The summed E-state index contributed by atoms with van der Waals surface area (Å²) >= 11 is 0. The average molecular weight is 337 g/mol. The van der Waals surface area contributed by atoms with Crippen LogP contribution in [0.2, 0.25) is 0 Å². The molecule has 1 aliphatic heterocycles. The minimum Gasteiger partial charge on any atom is -0.494 e. The van der Waals surface area contributed by atoms with Crippen LogP contribution < -0.4 is 10.6 Å². The van der Waals surface area contributed by atoms with Crippen molar-refractivity contribution in [3.8, 4) is 0 Å². The summed E-state index contributed by atoms with van der Waals surface area (Å²) in [5.74, 6) is -2.01. The summed E-state index contributed by atoms with van der Waals surface area (Å²) in [6.07, 6.45) is 3.48. The summed E-state index contributed by atoms with van der Waals surface area (Å²) < 4.78 is 19.4. The Hall–Kier alpha value is -2.64. The third-order valence-corrected chi connectivity index (χ3v) is 3.84. The number of nitrogens with one attached hydrogen (secondary N) is 2. The lowest BCUT2D eigenvalue weighted by Gasteiger charge is -2.22. The van der Waals surface area contributed by atoms with Gasteiger partial charge in [0.1, 0.15) is 6.04 Å². The molecule has 0 spiro atoms. The first-order valence-electron chi connectivity index (χ1n) is 7.50. The number of allylic oxidation sites excluding steroid dienone is 2. The first-order valence-corrected chi connectivity index (χ1v) is 7.50. The van der Waals surface area contributed by atoms with E-state index in [0.717, 1.165) is 0 Å². The second-order valence-electron chi connectivity index (χ2n) is 5.71. The van der Waals surface area contributed by atoms with E-state index in [1.54, 1.807) is 25.1 Å². The molecule has 8 heteroatoms. The first kappa shape index (κ1) is 17.7. The van der Waals surface area contributed by atoms with E-state index in [0.29, 0.717) is 5.70 Å². The lowest BCUT2D eigenvalue weighted by molar-refractivity contribution is -0.136. The summed E-state index contributed by atoms with van der Waals surface area (Å²) in [5.41, 5.74) is 0.579. The van der Waals surface area contributed by atoms with Crippen molar-refractivity contribution in [2.24, 2.45) is 0 Å². The van der Waals surface area contributed by atoms with Gasteiger partial charge >= 0.3 is 0 Å². The molecule has 1 heterocycles. The van der Waals surface area contributed by atoms with E-state index in [9.17, 15) is 18.8 Å². The van der Waals surface area contributed by atoms with E-state index in [2.05, 4.69) is 10.6 Å². The summed E-state index contributed by atoms with van der Waals surface area (Å²) in [7, 11) is 4.72. The molecule has 0 aromatic heterocycles. The molecule has 1 fully saturated rings. The molecule has 24 heavy (non-hydrogen) atoms. The van der Waals surface area contributed by atoms with Gasteiger partial charge in [0.25, 0.3) is 5.91 Å². The number of methoxy groups -OCH3 is 1. The van der Waals surface area contributed by atoms with Crippen LogP contribution in [-0.2, 0) is 19.1 Å². The van der Waals surface area contributed by atoms with E-state index in [-0.39, 0.29) is 36.5 Å². The topological polar surface area (TPSA) is 87.7 Å². The molecule has 0 aromatic rings. The molecule has 130 valence electrons. The van der Waals surface area contributed by atoms with Crippen molar-refractivity contribution in [1.29, 1.82) is 0 Å². The van der Waals surface area contributed by atoms with Gasteiger partial charge in [0, 0.05) is 32.5 Å². The van der Waals surface area contributed by atoms with Crippen LogP contribution in [-0.4, -0.2) is 49.9 Å². The maximum Gasteiger partial charge on any atom is 0.251 e. The fraction of sp³-hybridized carbons (Fsp3) is 0.438. The summed E-state index contributed by atoms with van der Waals surface area (Å²) in [4.78, 5) is 36.9. The van der Waals surface area contributed by atoms with Crippen LogP contribution in [0.5, 0.6) is 0 Å². The highest BCUT2D eigenvalue weighted by atomic mass is 19.1. The average Bonchev–Trinajstić information content (AvgIpc) is 2.69. The van der Waals surface area contributed by atoms with Crippen molar-refractivity contribution < 1.29 is 23.5 Å². The van der Waals surface area contributed by atoms with Gasteiger partial charge in [0.15, 0.2) is 11.6 Å². The summed E-state index contributed by atoms with van der Waals surface area (Å²) in [6, 6.07) is -0.787. The van der Waals surface area contributed by atoms with Crippen LogP contribution in [0.1, 0.15) is 19.3 Å². The largest absolute Gasteiger partial charge is 0.494 e. The molecule has 1 unspecified atom stereocenters. The molecule has 2 aliphatic rings. The second kappa shape index (κ2) is 7.29. The Bertz CT molecular complexity index is 664. The molecular weight excluding hydrogens is 317 g/mol. The molecule has 3 amide bonds. The van der Waals surface area contributed by atoms with Crippen LogP contribution in [0.4, 0.5) is 4.39 Å². The summed E-state index contributed by atoms with van der Waals surface area (Å²) in [6.45, 7) is 0. The number of halogens is 1. The smallest absolute Gasteiger partial charge is 0.251 e. The zero-order valence-corrected chi connectivity index (χ0v) is 13.8. The van der Waals surface area contributed by atoms with Gasteiger partial charge in [-0.2, -0.15) is 0 Å². The molecule has 1 atom stereocenters. The Kier molecular flexibility index (Phi) is 5.38. The Labute approximate surface area is 139 Å². The molecule has 0 saturated carbocycles. The van der Waals surface area contributed by atoms with E-state index in [1.165, 1.54) is 13.2 Å². The molecule has 1 saturated heterocycles. The number of piperidine rings is 1. The highest BCUT2D eigenvalue weighted by Gasteiger charge is 2.29. The number of nitrogens with zero attached hydrogens (tertiary/aromatic N) is 1. The fourth-order valence-corrected chi connectivity index (χ4v) is 2.46. The van der Waals surface area contributed by atoms with Gasteiger partial charge < -0.3 is 15.0 Å². The van der Waals surface area contributed by atoms with Crippen molar-refractivity contribution in [2.75, 3.05) is 21.2 Å². The van der Waals surface area contributed by atoms with Gasteiger partial charge in [0.2, 0.25) is 11.8 Å². The highest BCUT2D eigenvalue weighted by Crippen LogP contribution is 2.26. The number of ether oxygens (including phenoxy) is 1. The summed E-state index contributed by atoms with van der Waals surface area (Å²) in [5, 5.41) is 4.74. The lowest BCUT2D eigenvalue weighted by atomic mass is 10.1. The third kappa shape index (κ3) is 3.81. The number of hydrogen-bond donors (Lipinski definition) is 2. The molecule has 7 nitrogen and oxygen atoms in total. The zero-order chi connectivity index (χ0) is 17.9. The number of carbonyl (C=O) groups excluding carboxylic acids is 3. The molecule has 0 bridgehead atoms. The fourth-order valence-electron chi connectivity index (χ4n) is 2.46. The minimum atomic E-state index is -0.787. The van der Waals surface area contributed by atoms with Gasteiger partial charge in [-0.1, -0.05) is 6.08 Å². The Morgan fingerprint density at radius 2 is 2.12 bits per heavy atom. The Morgan fingerprint density at radius 3 is 2.71 bits per heavy atom. The molecule has 2 N–H and O–H groups in total. The van der Waals surface area contributed by atoms with Crippen molar-refractivity contribution >= 4 is 17.7 Å². The Morgan fingerprint density at radius 1 is 1.42 bits per heavy atom. The van der Waals surface area contributed by atoms with Crippen LogP contribution in [0.3, 0.4) is 0 Å². The standard InChI is InChI=1S/C16H20FN3O4/c1-20(2)11-6-4-9(8-12(24-3)14(11)17)15(22)18-10-5-7-13(21)19-16(10)23/h4,8,10H,5-7H2,1-3H3,(H,18,22)(H,19,21,23). The zero-order valence-electron chi connectivity index (χ0n) is 13.8. The van der Waals surface area contributed by atoms with Crippen molar-refractivity contribution in [3.05, 3.63) is 35.0 Å². The van der Waals surface area contributed by atoms with Gasteiger partial charge in [-0.25, -0.2) is 4.39 Å². The molecule has 0 radical (unpaired) electrons. The van der Waals surface area contributed by atoms with Crippen LogP contribution in [0, 0.1) is 0 Å². The second-order valence-corrected chi connectivity index (χ2v) is 5.71. The van der Waals surface area contributed by atoms with Gasteiger partial charge in [0.05, 0.1) is 12.8 Å². The van der Waals surface area contributed by atoms with Crippen molar-refractivity contribution in [1.82, 2.24) is 15.5 Å². The molecule has 2 rings (SSSR count). The third-order valence-electron chi connectivity index (χ3n) is 3.84. The van der Waals surface area contributed by atoms with Crippen LogP contribution >= 0.6 is 0 Å². The molecule has 0 aromatic carbocycles. The number of hydrogen-bond acceptors (Lipinski definition) is 5. The first-order chi connectivity index (χ1) is 11.3. The normalized spacial score (nSPS) is 21.4. The Balaban J connectivity index is 2.17. The van der Waals surface area contributed by atoms with Gasteiger partial charge in [-0.3, -0.25) is 19.7 Å². The molecule has 1 aliphatic carbocycles. The van der Waals surface area contributed by atoms with Crippen molar-refractivity contribution in [2.45, 2.75) is 25.3 Å². The number of amides is 3. The van der Waals surface area contributed by atoms with E-state index >= 15 is 0 Å². The lowest BCUT2D eigenvalue weighted by Crippen LogP contribution is -2.52. The monoisotopic (exact) mass is 337 g/mol. The minimum absolute atomic E-state index is 0.0547. The predicted molar refractivity (Wildman–Crippen MR) is 83.9 cm³/mol. The van der Waals surface area contributed by atoms with E-state index in [4.69, 9.17) is 4.74 Å². The predicted octanol–water partition coefficient (Wildman–Crippen LogP) is 0.511. The maximum atomic E-state index is 14.4. The number of rotatable bonds is 4. The van der Waals surface area contributed by atoms with Gasteiger partial charge in [-0.05, 0) is 12.5 Å². The molecular formula is C16H20FN3O4. The maximum absolute atomic E-state index is 14.4. The SMILES string of the molecule is COC1=CC(C(=O)NC2CCC(=O)NC2=O)=CCC(N(C)C)=C1F. The number of carbonyl (C=O) groups is 3. The van der Waals surface area contributed by atoms with Crippen LogP contribution in [0.25, 0.3) is 0 Å². The highest BCUT2D eigenvalue weighted by molar-refractivity contribution is 6.04. The number of imide groups is 1. The quantitative estimate of drug-likeness (QED) is 0.730.